The highest BCUT2D eigenvalue weighted by Gasteiger charge is 2.43. The van der Waals surface area contributed by atoms with Crippen molar-refractivity contribution >= 4 is 21.6 Å². The minimum atomic E-state index is -3.67. The number of fused-ring (bicyclic) bond motifs is 1. The highest BCUT2D eigenvalue weighted by Crippen LogP contribution is 2.35. The molecule has 4 aliphatic heterocycles. The fourth-order valence-electron chi connectivity index (χ4n) is 6.01. The van der Waals surface area contributed by atoms with Crippen molar-refractivity contribution < 1.29 is 23.1 Å². The van der Waals surface area contributed by atoms with Crippen LogP contribution in [0.1, 0.15) is 24.5 Å². The van der Waals surface area contributed by atoms with Gasteiger partial charge in [0.25, 0.3) is 5.91 Å². The molecule has 1 atom stereocenters. The van der Waals surface area contributed by atoms with Crippen molar-refractivity contribution in [1.29, 1.82) is 0 Å². The summed E-state index contributed by atoms with van der Waals surface area (Å²) in [6.45, 7) is 7.13. The van der Waals surface area contributed by atoms with Crippen LogP contribution in [0.15, 0.2) is 58.5 Å². The highest BCUT2D eigenvalue weighted by atomic mass is 32.2. The molecule has 1 saturated heterocycles. The number of piperazine rings is 1. The molecular formula is C29H36N4O5S. The predicted molar refractivity (Wildman–Crippen MR) is 148 cm³/mol. The van der Waals surface area contributed by atoms with Gasteiger partial charge in [-0.25, -0.2) is 8.42 Å². The lowest BCUT2D eigenvalue weighted by atomic mass is 9.93. The van der Waals surface area contributed by atoms with E-state index in [1.807, 2.05) is 18.2 Å². The van der Waals surface area contributed by atoms with E-state index in [2.05, 4.69) is 16.8 Å². The van der Waals surface area contributed by atoms with Crippen molar-refractivity contribution in [1.82, 2.24) is 14.1 Å². The lowest BCUT2D eigenvalue weighted by molar-refractivity contribution is -0.149. The van der Waals surface area contributed by atoms with E-state index in [1.54, 1.807) is 36.1 Å². The van der Waals surface area contributed by atoms with Crippen LogP contribution in [0.25, 0.3) is 0 Å². The predicted octanol–water partition coefficient (Wildman–Crippen LogP) is 1.81. The smallest absolute Gasteiger partial charge is 0.259 e. The monoisotopic (exact) mass is 552 g/mol. The van der Waals surface area contributed by atoms with Crippen LogP contribution in [0.5, 0.6) is 5.75 Å². The number of aliphatic hydroxyl groups is 1. The number of carbonyl (C=O) groups excluding carboxylic acids is 1. The second-order valence-electron chi connectivity index (χ2n) is 11.3. The Balaban J connectivity index is 1.12. The van der Waals surface area contributed by atoms with E-state index in [-0.39, 0.29) is 23.9 Å². The number of sulfonamides is 1. The third-order valence-electron chi connectivity index (χ3n) is 8.50. The van der Waals surface area contributed by atoms with Gasteiger partial charge >= 0.3 is 0 Å². The average molecular weight is 553 g/mol. The molecule has 9 nitrogen and oxygen atoms in total. The number of ether oxygens (including phenoxy) is 1. The zero-order chi connectivity index (χ0) is 27.4. The minimum absolute atomic E-state index is 0.260. The van der Waals surface area contributed by atoms with Crippen molar-refractivity contribution in [3.8, 4) is 5.75 Å². The van der Waals surface area contributed by atoms with Crippen LogP contribution in [-0.2, 0) is 26.8 Å². The SMILES string of the molecule is CN1CCN(c2cccc(C(C)(O)C(=O)N3CC4=C(C3)CN(S(=O)(=O)c3ccc5c(c3)CCCO5)C4)c2)CC1. The van der Waals surface area contributed by atoms with Gasteiger partial charge in [-0.2, -0.15) is 4.31 Å². The fourth-order valence-corrected chi connectivity index (χ4v) is 7.49. The van der Waals surface area contributed by atoms with E-state index in [0.29, 0.717) is 25.3 Å². The first-order chi connectivity index (χ1) is 18.6. The Morgan fingerprint density at radius 2 is 1.69 bits per heavy atom. The van der Waals surface area contributed by atoms with Gasteiger partial charge in [-0.1, -0.05) is 12.1 Å². The first kappa shape index (κ1) is 26.3. The van der Waals surface area contributed by atoms with Crippen LogP contribution < -0.4 is 9.64 Å². The van der Waals surface area contributed by atoms with Gasteiger partial charge in [0.1, 0.15) is 5.75 Å². The molecule has 10 heteroatoms. The molecule has 0 aromatic heterocycles. The standard InChI is InChI=1S/C29H36N4O5S/c1-29(35,24-6-3-7-25(16-24)31-12-10-30(2)11-13-31)28(34)32-17-22-19-33(20-23(22)18-32)39(36,37)26-8-9-27-21(15-26)5-4-14-38-27/h3,6-9,15-16,35H,4-5,10-14,17-20H2,1-2H3. The van der Waals surface area contributed by atoms with Crippen LogP contribution >= 0.6 is 0 Å². The summed E-state index contributed by atoms with van der Waals surface area (Å²) in [6.07, 6.45) is 1.69. The number of likely N-dealkylation sites (N-methyl/N-ethyl adjacent to an activating group) is 1. The van der Waals surface area contributed by atoms with E-state index in [1.165, 1.54) is 4.31 Å². The molecule has 208 valence electrons. The highest BCUT2D eigenvalue weighted by molar-refractivity contribution is 7.89. The lowest BCUT2D eigenvalue weighted by Crippen LogP contribution is -2.46. The van der Waals surface area contributed by atoms with Gasteiger partial charge in [0.15, 0.2) is 5.60 Å². The Bertz CT molecular complexity index is 1410. The first-order valence-corrected chi connectivity index (χ1v) is 15.1. The summed E-state index contributed by atoms with van der Waals surface area (Å²) >= 11 is 0. The Kier molecular flexibility index (Phi) is 6.69. The topological polar surface area (TPSA) is 93.6 Å². The van der Waals surface area contributed by atoms with Crippen molar-refractivity contribution in [3.05, 3.63) is 64.7 Å². The maximum absolute atomic E-state index is 13.6. The summed E-state index contributed by atoms with van der Waals surface area (Å²) in [5.74, 6) is 0.397. The summed E-state index contributed by atoms with van der Waals surface area (Å²) in [7, 11) is -1.56. The Morgan fingerprint density at radius 1 is 0.974 bits per heavy atom. The van der Waals surface area contributed by atoms with Crippen LogP contribution in [0.3, 0.4) is 0 Å². The number of carbonyl (C=O) groups is 1. The molecule has 4 aliphatic rings. The molecule has 0 aliphatic carbocycles. The molecule has 2 aromatic carbocycles. The van der Waals surface area contributed by atoms with E-state index in [9.17, 15) is 18.3 Å². The number of hydrogen-bond donors (Lipinski definition) is 1. The molecule has 0 bridgehead atoms. The van der Waals surface area contributed by atoms with Gasteiger partial charge in [-0.05, 0) is 79.4 Å². The Morgan fingerprint density at radius 3 is 2.41 bits per heavy atom. The molecule has 1 N–H and O–H groups in total. The molecule has 4 heterocycles. The summed E-state index contributed by atoms with van der Waals surface area (Å²) in [5, 5.41) is 11.4. The second-order valence-corrected chi connectivity index (χ2v) is 13.2. The van der Waals surface area contributed by atoms with Crippen LogP contribution in [0.2, 0.25) is 0 Å². The molecule has 2 aromatic rings. The molecule has 0 radical (unpaired) electrons. The van der Waals surface area contributed by atoms with Crippen LogP contribution in [0, 0.1) is 0 Å². The van der Waals surface area contributed by atoms with Gasteiger partial charge in [0, 0.05) is 58.0 Å². The Hall–Kier alpha value is -2.92. The van der Waals surface area contributed by atoms with Gasteiger partial charge in [0.05, 0.1) is 11.5 Å². The molecule has 0 saturated carbocycles. The lowest BCUT2D eigenvalue weighted by Gasteiger charge is -2.35. The third-order valence-corrected chi connectivity index (χ3v) is 10.3. The molecule has 39 heavy (non-hydrogen) atoms. The quantitative estimate of drug-likeness (QED) is 0.566. The largest absolute Gasteiger partial charge is 0.493 e. The van der Waals surface area contributed by atoms with Crippen LogP contribution in [0.4, 0.5) is 5.69 Å². The van der Waals surface area contributed by atoms with Gasteiger partial charge in [0.2, 0.25) is 10.0 Å². The molecular weight excluding hydrogens is 516 g/mol. The van der Waals surface area contributed by atoms with Crippen LogP contribution in [-0.4, -0.2) is 99.5 Å². The molecule has 1 fully saturated rings. The van der Waals surface area contributed by atoms with E-state index >= 15 is 0 Å². The number of anilines is 1. The normalized spacial score (nSPS) is 21.9. The zero-order valence-corrected chi connectivity index (χ0v) is 23.4. The van der Waals surface area contributed by atoms with Crippen molar-refractivity contribution in [2.24, 2.45) is 0 Å². The van der Waals surface area contributed by atoms with Crippen molar-refractivity contribution in [3.63, 3.8) is 0 Å². The van der Waals surface area contributed by atoms with E-state index < -0.39 is 15.6 Å². The summed E-state index contributed by atoms with van der Waals surface area (Å²) in [6, 6.07) is 12.7. The van der Waals surface area contributed by atoms with Gasteiger partial charge in [-0.15, -0.1) is 0 Å². The summed E-state index contributed by atoms with van der Waals surface area (Å²) in [4.78, 5) is 20.0. The third kappa shape index (κ3) is 4.84. The number of nitrogens with zero attached hydrogens (tertiary/aromatic N) is 4. The van der Waals surface area contributed by atoms with E-state index in [4.69, 9.17) is 4.74 Å². The maximum Gasteiger partial charge on any atom is 0.259 e. The van der Waals surface area contributed by atoms with E-state index in [0.717, 1.165) is 67.2 Å². The molecule has 6 rings (SSSR count). The van der Waals surface area contributed by atoms with Gasteiger partial charge in [-0.3, -0.25) is 4.79 Å². The zero-order valence-electron chi connectivity index (χ0n) is 22.6. The van der Waals surface area contributed by atoms with Gasteiger partial charge < -0.3 is 24.5 Å². The second kappa shape index (κ2) is 9.92. The summed E-state index contributed by atoms with van der Waals surface area (Å²) < 4.78 is 34.0. The van der Waals surface area contributed by atoms with Crippen molar-refractivity contribution in [2.75, 3.05) is 70.9 Å². The number of amides is 1. The number of hydrogen-bond acceptors (Lipinski definition) is 7. The average Bonchev–Trinajstić information content (AvgIpc) is 3.53. The number of rotatable bonds is 5. The maximum atomic E-state index is 13.6. The minimum Gasteiger partial charge on any atom is -0.493 e. The van der Waals surface area contributed by atoms with Crippen molar-refractivity contribution in [2.45, 2.75) is 30.3 Å². The fraction of sp³-hybridized carbons (Fsp3) is 0.483. The number of benzene rings is 2. The molecule has 1 unspecified atom stereocenters. The molecule has 1 amide bonds. The Labute approximate surface area is 230 Å². The number of aryl methyl sites for hydroxylation is 1. The molecule has 0 spiro atoms. The summed E-state index contributed by atoms with van der Waals surface area (Å²) in [5.41, 5.74) is 2.70. The first-order valence-electron chi connectivity index (χ1n) is 13.6.